The summed E-state index contributed by atoms with van der Waals surface area (Å²) in [6, 6.07) is 4.69. The summed E-state index contributed by atoms with van der Waals surface area (Å²) in [5.74, 6) is -0.365. The van der Waals surface area contributed by atoms with E-state index >= 15 is 4.39 Å². The van der Waals surface area contributed by atoms with E-state index in [0.717, 1.165) is 12.8 Å². The zero-order valence-electron chi connectivity index (χ0n) is 17.7. The number of cyclic esters (lactones) is 1. The molecule has 31 heavy (non-hydrogen) atoms. The van der Waals surface area contributed by atoms with Gasteiger partial charge in [-0.3, -0.25) is 9.69 Å². The van der Waals surface area contributed by atoms with Gasteiger partial charge in [-0.2, -0.15) is 0 Å². The van der Waals surface area contributed by atoms with Crippen molar-refractivity contribution in [2.75, 3.05) is 49.6 Å². The van der Waals surface area contributed by atoms with Crippen LogP contribution in [0.3, 0.4) is 0 Å². The third kappa shape index (κ3) is 4.24. The molecule has 3 aliphatic rings. The number of ether oxygens (including phenoxy) is 2. The third-order valence-corrected chi connectivity index (χ3v) is 6.23. The summed E-state index contributed by atoms with van der Waals surface area (Å²) in [6.07, 6.45) is 0.508. The van der Waals surface area contributed by atoms with Crippen molar-refractivity contribution >= 4 is 29.5 Å². The maximum absolute atomic E-state index is 15.1. The van der Waals surface area contributed by atoms with Gasteiger partial charge in [-0.1, -0.05) is 0 Å². The van der Waals surface area contributed by atoms with Gasteiger partial charge in [-0.05, 0) is 37.0 Å². The van der Waals surface area contributed by atoms with Crippen molar-refractivity contribution in [3.05, 3.63) is 24.0 Å². The average molecular weight is 434 g/mol. The number of carbonyl (C=O) groups is 3. The molecule has 3 unspecified atom stereocenters. The Hall–Kier alpha value is -3.04. The molecule has 0 spiro atoms. The number of halogens is 1. The minimum absolute atomic E-state index is 0.00312. The standard InChI is InChI=1S/C21H27FN4O5/c1-13(27)23-9-16-11-26(21(29)31-16)15-5-6-18(17(22)8-15)24-10-14-4-3-7-25(19(14)12-24)20(28)30-2/h5-6,8,14,16,19H,3-4,7,9-12H2,1-2H3,(H,23,27). The molecule has 3 fully saturated rings. The lowest BCUT2D eigenvalue weighted by Gasteiger charge is -2.35. The number of fused-ring (bicyclic) bond motifs is 1. The van der Waals surface area contributed by atoms with E-state index in [0.29, 0.717) is 31.0 Å². The zero-order chi connectivity index (χ0) is 22.1. The van der Waals surface area contributed by atoms with Crippen molar-refractivity contribution in [1.29, 1.82) is 0 Å². The minimum atomic E-state index is -0.566. The van der Waals surface area contributed by atoms with Gasteiger partial charge in [-0.15, -0.1) is 0 Å². The molecule has 0 saturated carbocycles. The number of methoxy groups -OCH3 is 1. The molecule has 1 aromatic rings. The fourth-order valence-corrected chi connectivity index (χ4v) is 4.74. The van der Waals surface area contributed by atoms with Gasteiger partial charge in [0.15, 0.2) is 0 Å². The van der Waals surface area contributed by atoms with Crippen LogP contribution < -0.4 is 15.1 Å². The summed E-state index contributed by atoms with van der Waals surface area (Å²) in [4.78, 5) is 40.4. The molecule has 3 amide bonds. The molecule has 1 N–H and O–H groups in total. The summed E-state index contributed by atoms with van der Waals surface area (Å²) in [7, 11) is 1.38. The molecule has 0 bridgehead atoms. The molecule has 1 aromatic carbocycles. The maximum atomic E-state index is 15.1. The molecule has 3 heterocycles. The smallest absolute Gasteiger partial charge is 0.414 e. The molecule has 10 heteroatoms. The molecule has 4 rings (SSSR count). The number of anilines is 2. The number of piperidine rings is 1. The molecule has 9 nitrogen and oxygen atoms in total. The Kier molecular flexibility index (Phi) is 5.88. The molecule has 0 aromatic heterocycles. The Morgan fingerprint density at radius 1 is 1.29 bits per heavy atom. The van der Waals surface area contributed by atoms with Gasteiger partial charge in [0, 0.05) is 26.6 Å². The van der Waals surface area contributed by atoms with E-state index in [9.17, 15) is 14.4 Å². The summed E-state index contributed by atoms with van der Waals surface area (Å²) >= 11 is 0. The number of benzene rings is 1. The van der Waals surface area contributed by atoms with Gasteiger partial charge >= 0.3 is 12.2 Å². The molecular weight excluding hydrogens is 407 g/mol. The Balaban J connectivity index is 1.45. The van der Waals surface area contributed by atoms with Crippen LogP contribution in [0.5, 0.6) is 0 Å². The summed E-state index contributed by atoms with van der Waals surface area (Å²) < 4.78 is 25.2. The Bertz CT molecular complexity index is 881. The second kappa shape index (κ2) is 8.60. The van der Waals surface area contributed by atoms with Crippen LogP contribution in [-0.2, 0) is 14.3 Å². The number of hydrogen-bond acceptors (Lipinski definition) is 6. The Morgan fingerprint density at radius 3 is 2.81 bits per heavy atom. The summed E-state index contributed by atoms with van der Waals surface area (Å²) in [6.45, 7) is 3.70. The number of likely N-dealkylation sites (tertiary alicyclic amines) is 1. The average Bonchev–Trinajstić information content (AvgIpc) is 3.34. The molecule has 0 radical (unpaired) electrons. The van der Waals surface area contributed by atoms with Crippen molar-refractivity contribution in [3.63, 3.8) is 0 Å². The van der Waals surface area contributed by atoms with Crippen molar-refractivity contribution in [1.82, 2.24) is 10.2 Å². The van der Waals surface area contributed by atoms with Gasteiger partial charge in [0.25, 0.3) is 0 Å². The highest BCUT2D eigenvalue weighted by Crippen LogP contribution is 2.36. The van der Waals surface area contributed by atoms with Gasteiger partial charge in [0.2, 0.25) is 5.91 Å². The van der Waals surface area contributed by atoms with Crippen molar-refractivity contribution in [2.24, 2.45) is 5.92 Å². The summed E-state index contributed by atoms with van der Waals surface area (Å²) in [5.41, 5.74) is 0.856. The van der Waals surface area contributed by atoms with E-state index < -0.39 is 18.0 Å². The topological polar surface area (TPSA) is 91.4 Å². The molecule has 0 aliphatic carbocycles. The Labute approximate surface area is 180 Å². The fourth-order valence-electron chi connectivity index (χ4n) is 4.74. The van der Waals surface area contributed by atoms with Crippen molar-refractivity contribution in [3.8, 4) is 0 Å². The van der Waals surface area contributed by atoms with Crippen molar-refractivity contribution < 1.29 is 28.2 Å². The van der Waals surface area contributed by atoms with Crippen LogP contribution in [0.1, 0.15) is 19.8 Å². The van der Waals surface area contributed by atoms with Crippen LogP contribution in [0, 0.1) is 11.7 Å². The van der Waals surface area contributed by atoms with E-state index in [4.69, 9.17) is 9.47 Å². The van der Waals surface area contributed by atoms with E-state index in [1.54, 1.807) is 17.0 Å². The number of amides is 3. The maximum Gasteiger partial charge on any atom is 0.414 e. The second-order valence-electron chi connectivity index (χ2n) is 8.23. The normalized spacial score (nSPS) is 25.3. The third-order valence-electron chi connectivity index (χ3n) is 6.23. The largest absolute Gasteiger partial charge is 0.453 e. The van der Waals surface area contributed by atoms with Crippen LogP contribution >= 0.6 is 0 Å². The first-order valence-corrected chi connectivity index (χ1v) is 10.5. The predicted molar refractivity (Wildman–Crippen MR) is 111 cm³/mol. The lowest BCUT2D eigenvalue weighted by molar-refractivity contribution is -0.119. The molecule has 3 aliphatic heterocycles. The van der Waals surface area contributed by atoms with Crippen LogP contribution in [0.15, 0.2) is 18.2 Å². The number of rotatable bonds is 4. The quantitative estimate of drug-likeness (QED) is 0.779. The number of nitrogens with one attached hydrogen (secondary N) is 1. The fraction of sp³-hybridized carbons (Fsp3) is 0.571. The highest BCUT2D eigenvalue weighted by molar-refractivity contribution is 5.90. The van der Waals surface area contributed by atoms with Crippen LogP contribution in [-0.4, -0.2) is 75.0 Å². The highest BCUT2D eigenvalue weighted by atomic mass is 19.1. The van der Waals surface area contributed by atoms with E-state index in [1.165, 1.54) is 25.0 Å². The zero-order valence-corrected chi connectivity index (χ0v) is 17.7. The highest BCUT2D eigenvalue weighted by Gasteiger charge is 2.42. The van der Waals surface area contributed by atoms with Gasteiger partial charge < -0.3 is 24.6 Å². The predicted octanol–water partition coefficient (Wildman–Crippen LogP) is 1.95. The summed E-state index contributed by atoms with van der Waals surface area (Å²) in [5, 5.41) is 2.62. The Morgan fingerprint density at radius 2 is 2.10 bits per heavy atom. The lowest BCUT2D eigenvalue weighted by atomic mass is 9.92. The SMILES string of the molecule is COC(=O)N1CCCC2CN(c3ccc(N4CC(CNC(C)=O)OC4=O)cc3F)CC21. The number of nitrogens with zero attached hydrogens (tertiary/aromatic N) is 3. The van der Waals surface area contributed by atoms with Gasteiger partial charge in [-0.25, -0.2) is 14.0 Å². The van der Waals surface area contributed by atoms with Crippen LogP contribution in [0.25, 0.3) is 0 Å². The van der Waals surface area contributed by atoms with E-state index in [1.807, 2.05) is 4.90 Å². The second-order valence-corrected chi connectivity index (χ2v) is 8.23. The van der Waals surface area contributed by atoms with Crippen LogP contribution in [0.2, 0.25) is 0 Å². The molecule has 168 valence electrons. The van der Waals surface area contributed by atoms with Crippen LogP contribution in [0.4, 0.5) is 25.4 Å². The molecular formula is C21H27FN4O5. The molecule has 3 saturated heterocycles. The first-order valence-electron chi connectivity index (χ1n) is 10.5. The first-order chi connectivity index (χ1) is 14.9. The monoisotopic (exact) mass is 434 g/mol. The van der Waals surface area contributed by atoms with E-state index in [-0.39, 0.29) is 37.0 Å². The number of carbonyl (C=O) groups excluding carboxylic acids is 3. The van der Waals surface area contributed by atoms with Gasteiger partial charge in [0.1, 0.15) is 11.9 Å². The first kappa shape index (κ1) is 21.2. The van der Waals surface area contributed by atoms with Gasteiger partial charge in [0.05, 0.1) is 37.6 Å². The van der Waals surface area contributed by atoms with E-state index in [2.05, 4.69) is 5.32 Å². The number of hydrogen-bond donors (Lipinski definition) is 1. The lowest BCUT2D eigenvalue weighted by Crippen LogP contribution is -2.48. The van der Waals surface area contributed by atoms with Crippen molar-refractivity contribution in [2.45, 2.75) is 31.9 Å². The minimum Gasteiger partial charge on any atom is -0.453 e. The molecule has 3 atom stereocenters.